The Morgan fingerprint density at radius 3 is 2.31 bits per heavy atom. The monoisotopic (exact) mass is 472 g/mol. The fourth-order valence-corrected chi connectivity index (χ4v) is 4.99. The number of aromatic nitrogens is 2. The van der Waals surface area contributed by atoms with Crippen LogP contribution in [0.2, 0.25) is 0 Å². The fraction of sp³-hybridized carbons (Fsp3) is 0.619. The van der Waals surface area contributed by atoms with E-state index in [1.54, 1.807) is 6.26 Å². The Labute approximate surface area is 188 Å². The summed E-state index contributed by atoms with van der Waals surface area (Å²) >= 11 is -0.895. The molecule has 7 nitrogen and oxygen atoms in total. The van der Waals surface area contributed by atoms with Crippen molar-refractivity contribution in [2.45, 2.75) is 50.4 Å². The van der Waals surface area contributed by atoms with Crippen LogP contribution in [0.4, 0.5) is 13.2 Å². The van der Waals surface area contributed by atoms with Gasteiger partial charge in [-0.1, -0.05) is 17.3 Å². The van der Waals surface area contributed by atoms with Crippen LogP contribution in [0.1, 0.15) is 48.9 Å². The second kappa shape index (κ2) is 9.98. The van der Waals surface area contributed by atoms with E-state index in [2.05, 4.69) is 22.3 Å². The number of hydrogen-bond acceptors (Lipinski definition) is 7. The summed E-state index contributed by atoms with van der Waals surface area (Å²) in [6.45, 7) is 3.28. The van der Waals surface area contributed by atoms with Crippen molar-refractivity contribution >= 4 is 11.4 Å². The second-order valence-electron chi connectivity index (χ2n) is 8.30. The molecule has 0 saturated carbocycles. The van der Waals surface area contributed by atoms with E-state index in [4.69, 9.17) is 9.26 Å². The predicted octanol–water partition coefficient (Wildman–Crippen LogP) is 3.60. The van der Waals surface area contributed by atoms with Crippen LogP contribution in [0.5, 0.6) is 5.75 Å². The van der Waals surface area contributed by atoms with Crippen molar-refractivity contribution in [1.29, 1.82) is 0 Å². The fourth-order valence-electron chi connectivity index (χ4n) is 4.27. The minimum absolute atomic E-state index is 0.0247. The number of halogens is 3. The Balaban J connectivity index is 1.22. The van der Waals surface area contributed by atoms with Gasteiger partial charge in [0.15, 0.2) is 0 Å². The Morgan fingerprint density at radius 2 is 1.75 bits per heavy atom. The van der Waals surface area contributed by atoms with Gasteiger partial charge in [0, 0.05) is 37.5 Å². The molecular formula is C21H27F3N4O3S. The Morgan fingerprint density at radius 1 is 1.09 bits per heavy atom. The third-order valence-electron chi connectivity index (χ3n) is 6.09. The van der Waals surface area contributed by atoms with Gasteiger partial charge in [-0.05, 0) is 49.3 Å². The number of alkyl halides is 3. The smallest absolute Gasteiger partial charge is 0.455 e. The molecule has 0 aliphatic carbocycles. The van der Waals surface area contributed by atoms with E-state index in [-0.39, 0.29) is 18.5 Å². The van der Waals surface area contributed by atoms with Crippen LogP contribution < -0.4 is 4.74 Å². The van der Waals surface area contributed by atoms with Gasteiger partial charge < -0.3 is 13.8 Å². The summed E-state index contributed by atoms with van der Waals surface area (Å²) in [6, 6.07) is 8.23. The normalized spacial score (nSPS) is 21.0. The van der Waals surface area contributed by atoms with Crippen LogP contribution in [0.3, 0.4) is 0 Å². The molecule has 1 aromatic carbocycles. The zero-order valence-electron chi connectivity index (χ0n) is 17.9. The van der Waals surface area contributed by atoms with Gasteiger partial charge in [-0.2, -0.15) is 18.2 Å². The molecule has 32 heavy (non-hydrogen) atoms. The van der Waals surface area contributed by atoms with Gasteiger partial charge in [-0.3, -0.25) is 4.90 Å². The summed E-state index contributed by atoms with van der Waals surface area (Å²) < 4.78 is 62.2. The lowest BCUT2D eigenvalue weighted by Crippen LogP contribution is -2.38. The Bertz CT molecular complexity index is 862. The highest BCUT2D eigenvalue weighted by atomic mass is 32.2. The molecule has 1 unspecified atom stereocenters. The van der Waals surface area contributed by atoms with Crippen LogP contribution in [0.15, 0.2) is 28.8 Å². The van der Waals surface area contributed by atoms with Crippen LogP contribution in [0.25, 0.3) is 0 Å². The SMILES string of the molecule is C[S+]([O-])N1CCC(c2ccc(OC3CCN(Cc4nc(C(F)(F)F)no4)CC3)cc2)CC1. The molecule has 0 bridgehead atoms. The molecule has 0 amide bonds. The molecule has 4 rings (SSSR count). The largest absolute Gasteiger partial charge is 0.598 e. The molecule has 0 radical (unpaired) electrons. The highest BCUT2D eigenvalue weighted by molar-refractivity contribution is 7.88. The quantitative estimate of drug-likeness (QED) is 0.595. The van der Waals surface area contributed by atoms with E-state index < -0.39 is 23.4 Å². The van der Waals surface area contributed by atoms with Gasteiger partial charge in [0.25, 0.3) is 5.82 Å². The third kappa shape index (κ3) is 5.94. The molecule has 2 aliphatic rings. The zero-order chi connectivity index (χ0) is 22.7. The number of ether oxygens (including phenoxy) is 1. The van der Waals surface area contributed by atoms with Gasteiger partial charge in [0.2, 0.25) is 5.89 Å². The molecule has 0 N–H and O–H groups in total. The maximum absolute atomic E-state index is 12.6. The molecule has 2 aliphatic heterocycles. The molecule has 2 fully saturated rings. The standard InChI is InChI=1S/C21H27F3N4O3S/c1-32(29)28-12-6-16(7-13-28)15-2-4-17(5-3-15)30-18-8-10-27(11-9-18)14-19-25-20(26-31-19)21(22,23)24/h2-5,16,18H,6-14H2,1H3. The first-order valence-electron chi connectivity index (χ1n) is 10.7. The van der Waals surface area contributed by atoms with Crippen LogP contribution in [-0.2, 0) is 24.1 Å². The van der Waals surface area contributed by atoms with Crippen molar-refractivity contribution in [1.82, 2.24) is 19.3 Å². The molecule has 176 valence electrons. The summed E-state index contributed by atoms with van der Waals surface area (Å²) in [6.07, 6.45) is 0.749. The number of benzene rings is 1. The number of rotatable bonds is 6. The Hall–Kier alpha value is -1.82. The number of nitrogens with zero attached hydrogens (tertiary/aromatic N) is 4. The van der Waals surface area contributed by atoms with Gasteiger partial charge in [-0.15, -0.1) is 4.31 Å². The van der Waals surface area contributed by atoms with E-state index in [9.17, 15) is 17.7 Å². The van der Waals surface area contributed by atoms with Crippen LogP contribution in [-0.4, -0.2) is 62.4 Å². The zero-order valence-corrected chi connectivity index (χ0v) is 18.7. The lowest BCUT2D eigenvalue weighted by Gasteiger charge is -2.32. The minimum atomic E-state index is -4.59. The third-order valence-corrected chi connectivity index (χ3v) is 7.18. The lowest BCUT2D eigenvalue weighted by atomic mass is 9.90. The topological polar surface area (TPSA) is 77.7 Å². The summed E-state index contributed by atoms with van der Waals surface area (Å²) in [7, 11) is 0. The number of likely N-dealkylation sites (tertiary alicyclic amines) is 1. The van der Waals surface area contributed by atoms with Gasteiger partial charge in [-0.25, -0.2) is 0 Å². The average Bonchev–Trinajstić information content (AvgIpc) is 3.25. The van der Waals surface area contributed by atoms with Crippen LogP contribution >= 0.6 is 0 Å². The van der Waals surface area contributed by atoms with Crippen LogP contribution in [0, 0.1) is 0 Å². The summed E-state index contributed by atoms with van der Waals surface area (Å²) in [5.74, 6) is 0.0454. The first kappa shape index (κ1) is 23.3. The molecule has 2 aromatic rings. The van der Waals surface area contributed by atoms with Crippen molar-refractivity contribution in [3.63, 3.8) is 0 Å². The van der Waals surface area contributed by atoms with Crippen molar-refractivity contribution < 1.29 is 27.0 Å². The van der Waals surface area contributed by atoms with Gasteiger partial charge in [0.1, 0.15) is 18.1 Å². The lowest BCUT2D eigenvalue weighted by molar-refractivity contribution is -0.146. The van der Waals surface area contributed by atoms with E-state index in [0.717, 1.165) is 44.5 Å². The second-order valence-corrected chi connectivity index (χ2v) is 9.66. The first-order chi connectivity index (χ1) is 15.3. The van der Waals surface area contributed by atoms with Gasteiger partial charge >= 0.3 is 6.18 Å². The highest BCUT2D eigenvalue weighted by Gasteiger charge is 2.37. The molecule has 2 saturated heterocycles. The molecule has 3 heterocycles. The maximum Gasteiger partial charge on any atom is 0.455 e. The molecule has 1 aromatic heterocycles. The molecule has 1 atom stereocenters. The van der Waals surface area contributed by atoms with E-state index in [1.807, 2.05) is 21.3 Å². The van der Waals surface area contributed by atoms with E-state index >= 15 is 0 Å². The molecule has 0 spiro atoms. The number of hydrogen-bond donors (Lipinski definition) is 0. The first-order valence-corrected chi connectivity index (χ1v) is 12.3. The Kier molecular flexibility index (Phi) is 7.28. The number of piperidine rings is 2. The van der Waals surface area contributed by atoms with E-state index in [1.165, 1.54) is 5.56 Å². The van der Waals surface area contributed by atoms with E-state index in [0.29, 0.717) is 19.0 Å². The summed E-state index contributed by atoms with van der Waals surface area (Å²) in [5.41, 5.74) is 1.28. The molecular weight excluding hydrogens is 445 g/mol. The van der Waals surface area contributed by atoms with Crippen molar-refractivity contribution in [3.05, 3.63) is 41.5 Å². The summed E-state index contributed by atoms with van der Waals surface area (Å²) in [5, 5.41) is 3.00. The molecule has 11 heteroatoms. The van der Waals surface area contributed by atoms with Crippen molar-refractivity contribution in [3.8, 4) is 5.75 Å². The van der Waals surface area contributed by atoms with Crippen molar-refractivity contribution in [2.75, 3.05) is 32.4 Å². The highest BCUT2D eigenvalue weighted by Crippen LogP contribution is 2.31. The van der Waals surface area contributed by atoms with Gasteiger partial charge in [0.05, 0.1) is 6.54 Å². The predicted molar refractivity (Wildman–Crippen MR) is 112 cm³/mol. The average molecular weight is 473 g/mol. The minimum Gasteiger partial charge on any atom is -0.598 e. The van der Waals surface area contributed by atoms with Crippen molar-refractivity contribution in [2.24, 2.45) is 0 Å². The maximum atomic E-state index is 12.6. The summed E-state index contributed by atoms with van der Waals surface area (Å²) in [4.78, 5) is 5.42.